The lowest BCUT2D eigenvalue weighted by atomic mass is 9.84. The summed E-state index contributed by atoms with van der Waals surface area (Å²) in [6.45, 7) is 2.25. The molecule has 20 heavy (non-hydrogen) atoms. The molecule has 110 valence electrons. The maximum absolute atomic E-state index is 12.0. The van der Waals surface area contributed by atoms with Crippen LogP contribution in [0.3, 0.4) is 0 Å². The average Bonchev–Trinajstić information content (AvgIpc) is 2.47. The predicted octanol–water partition coefficient (Wildman–Crippen LogP) is 3.29. The number of hydrogen-bond donors (Lipinski definition) is 2. The van der Waals surface area contributed by atoms with E-state index < -0.39 is 0 Å². The van der Waals surface area contributed by atoms with Gasteiger partial charge in [0, 0.05) is 18.2 Å². The highest BCUT2D eigenvalue weighted by Gasteiger charge is 2.21. The van der Waals surface area contributed by atoms with Crippen molar-refractivity contribution >= 4 is 11.6 Å². The van der Waals surface area contributed by atoms with Crippen molar-refractivity contribution < 1.29 is 4.79 Å². The Kier molecular flexibility index (Phi) is 5.45. The Hall–Kier alpha value is -1.51. The van der Waals surface area contributed by atoms with Crippen molar-refractivity contribution in [2.24, 2.45) is 5.92 Å². The van der Waals surface area contributed by atoms with Gasteiger partial charge in [-0.1, -0.05) is 38.3 Å². The number of nitrogens with one attached hydrogen (secondary N) is 1. The van der Waals surface area contributed by atoms with Crippen LogP contribution in [0.2, 0.25) is 0 Å². The number of hydrogen-bond acceptors (Lipinski definition) is 2. The summed E-state index contributed by atoms with van der Waals surface area (Å²) < 4.78 is 0. The Morgan fingerprint density at radius 1 is 1.30 bits per heavy atom. The lowest BCUT2D eigenvalue weighted by molar-refractivity contribution is -0.122. The SMILES string of the molecule is CCC1CCCC(NC(=O)CCc2ccc(N)cc2)C1. The minimum Gasteiger partial charge on any atom is -0.399 e. The zero-order valence-corrected chi connectivity index (χ0v) is 12.4. The molecule has 0 radical (unpaired) electrons. The topological polar surface area (TPSA) is 55.1 Å². The van der Waals surface area contributed by atoms with Crippen LogP contribution in [0.5, 0.6) is 0 Å². The summed E-state index contributed by atoms with van der Waals surface area (Å²) in [5.74, 6) is 0.981. The molecule has 3 nitrogen and oxygen atoms in total. The molecule has 1 aliphatic carbocycles. The van der Waals surface area contributed by atoms with E-state index in [1.807, 2.05) is 24.3 Å². The van der Waals surface area contributed by atoms with Crippen molar-refractivity contribution in [2.45, 2.75) is 57.9 Å². The van der Waals surface area contributed by atoms with Gasteiger partial charge in [-0.2, -0.15) is 0 Å². The number of nitrogen functional groups attached to an aromatic ring is 1. The quantitative estimate of drug-likeness (QED) is 0.810. The number of nitrogens with two attached hydrogens (primary N) is 1. The molecule has 0 aliphatic heterocycles. The van der Waals surface area contributed by atoms with Crippen LogP contribution in [-0.2, 0) is 11.2 Å². The molecule has 0 spiro atoms. The van der Waals surface area contributed by atoms with Crippen molar-refractivity contribution in [1.82, 2.24) is 5.32 Å². The Morgan fingerprint density at radius 2 is 2.05 bits per heavy atom. The van der Waals surface area contributed by atoms with Gasteiger partial charge in [-0.3, -0.25) is 4.79 Å². The average molecular weight is 274 g/mol. The van der Waals surface area contributed by atoms with Crippen LogP contribution in [0.15, 0.2) is 24.3 Å². The van der Waals surface area contributed by atoms with E-state index in [2.05, 4.69) is 12.2 Å². The first-order chi connectivity index (χ1) is 9.67. The summed E-state index contributed by atoms with van der Waals surface area (Å²) in [5, 5.41) is 3.20. The highest BCUT2D eigenvalue weighted by atomic mass is 16.1. The van der Waals surface area contributed by atoms with Gasteiger partial charge in [0.1, 0.15) is 0 Å². The third-order valence-corrected chi connectivity index (χ3v) is 4.35. The molecular formula is C17H26N2O. The van der Waals surface area contributed by atoms with E-state index in [0.29, 0.717) is 12.5 Å². The summed E-state index contributed by atoms with van der Waals surface area (Å²) >= 11 is 0. The van der Waals surface area contributed by atoms with Gasteiger partial charge in [-0.15, -0.1) is 0 Å². The molecule has 1 fully saturated rings. The van der Waals surface area contributed by atoms with E-state index in [4.69, 9.17) is 5.73 Å². The van der Waals surface area contributed by atoms with E-state index in [1.54, 1.807) is 0 Å². The maximum Gasteiger partial charge on any atom is 0.220 e. The second kappa shape index (κ2) is 7.32. The van der Waals surface area contributed by atoms with Crippen LogP contribution in [0.25, 0.3) is 0 Å². The number of aryl methyl sites for hydroxylation is 1. The first-order valence-corrected chi connectivity index (χ1v) is 7.81. The van der Waals surface area contributed by atoms with Gasteiger partial charge >= 0.3 is 0 Å². The highest BCUT2D eigenvalue weighted by Crippen LogP contribution is 2.26. The number of rotatable bonds is 5. The monoisotopic (exact) mass is 274 g/mol. The van der Waals surface area contributed by atoms with Crippen LogP contribution in [0, 0.1) is 5.92 Å². The molecule has 2 rings (SSSR count). The summed E-state index contributed by atoms with van der Waals surface area (Å²) in [6.07, 6.45) is 7.47. The van der Waals surface area contributed by atoms with E-state index in [1.165, 1.54) is 24.8 Å². The molecule has 2 atom stereocenters. The lowest BCUT2D eigenvalue weighted by Crippen LogP contribution is -2.38. The molecule has 1 aromatic rings. The Labute approximate surface area is 121 Å². The van der Waals surface area contributed by atoms with Gasteiger partial charge in [0.05, 0.1) is 0 Å². The molecule has 1 saturated carbocycles. The number of anilines is 1. The van der Waals surface area contributed by atoms with E-state index in [-0.39, 0.29) is 5.91 Å². The van der Waals surface area contributed by atoms with Crippen LogP contribution in [-0.4, -0.2) is 11.9 Å². The summed E-state index contributed by atoms with van der Waals surface area (Å²) in [6, 6.07) is 8.17. The van der Waals surface area contributed by atoms with Crippen LogP contribution in [0.1, 0.15) is 51.0 Å². The second-order valence-corrected chi connectivity index (χ2v) is 5.95. The Bertz CT molecular complexity index is 427. The van der Waals surface area contributed by atoms with E-state index in [0.717, 1.165) is 30.9 Å². The van der Waals surface area contributed by atoms with Crippen LogP contribution >= 0.6 is 0 Å². The fourth-order valence-electron chi connectivity index (χ4n) is 3.03. The van der Waals surface area contributed by atoms with Crippen molar-refractivity contribution in [3.8, 4) is 0 Å². The van der Waals surface area contributed by atoms with Gasteiger partial charge in [0.25, 0.3) is 0 Å². The number of carbonyl (C=O) groups is 1. The Balaban J connectivity index is 1.73. The van der Waals surface area contributed by atoms with Crippen molar-refractivity contribution in [3.63, 3.8) is 0 Å². The van der Waals surface area contributed by atoms with Gasteiger partial charge in [-0.25, -0.2) is 0 Å². The third kappa shape index (κ3) is 4.55. The molecule has 0 heterocycles. The molecule has 1 aliphatic rings. The first kappa shape index (κ1) is 14.9. The van der Waals surface area contributed by atoms with Crippen molar-refractivity contribution in [3.05, 3.63) is 29.8 Å². The zero-order chi connectivity index (χ0) is 14.4. The van der Waals surface area contributed by atoms with Crippen LogP contribution < -0.4 is 11.1 Å². The maximum atomic E-state index is 12.0. The molecule has 0 aromatic heterocycles. The van der Waals surface area contributed by atoms with Gasteiger partial charge in [0.15, 0.2) is 0 Å². The van der Waals surface area contributed by atoms with Gasteiger partial charge in [0.2, 0.25) is 5.91 Å². The smallest absolute Gasteiger partial charge is 0.220 e. The van der Waals surface area contributed by atoms with E-state index >= 15 is 0 Å². The molecule has 1 amide bonds. The molecule has 3 heteroatoms. The summed E-state index contributed by atoms with van der Waals surface area (Å²) in [5.41, 5.74) is 7.59. The minimum absolute atomic E-state index is 0.184. The number of benzene rings is 1. The predicted molar refractivity (Wildman–Crippen MR) is 83.4 cm³/mol. The Morgan fingerprint density at radius 3 is 2.75 bits per heavy atom. The van der Waals surface area contributed by atoms with Gasteiger partial charge < -0.3 is 11.1 Å². The molecular weight excluding hydrogens is 248 g/mol. The van der Waals surface area contributed by atoms with Crippen molar-refractivity contribution in [1.29, 1.82) is 0 Å². The van der Waals surface area contributed by atoms with Crippen LogP contribution in [0.4, 0.5) is 5.69 Å². The zero-order valence-electron chi connectivity index (χ0n) is 12.4. The summed E-state index contributed by atoms with van der Waals surface area (Å²) in [7, 11) is 0. The fourth-order valence-corrected chi connectivity index (χ4v) is 3.03. The molecule has 3 N–H and O–H groups in total. The standard InChI is InChI=1S/C17H26N2O/c1-2-13-4-3-5-16(12-13)19-17(20)11-8-14-6-9-15(18)10-7-14/h6-7,9-10,13,16H,2-5,8,11-12,18H2,1H3,(H,19,20). The lowest BCUT2D eigenvalue weighted by Gasteiger charge is -2.29. The second-order valence-electron chi connectivity index (χ2n) is 5.95. The largest absolute Gasteiger partial charge is 0.399 e. The minimum atomic E-state index is 0.184. The molecule has 2 unspecified atom stereocenters. The van der Waals surface area contributed by atoms with Crippen molar-refractivity contribution in [2.75, 3.05) is 5.73 Å². The normalized spacial score (nSPS) is 22.4. The number of carbonyl (C=O) groups excluding carboxylic acids is 1. The summed E-state index contributed by atoms with van der Waals surface area (Å²) in [4.78, 5) is 12.0. The first-order valence-electron chi connectivity index (χ1n) is 7.81. The molecule has 0 saturated heterocycles. The van der Waals surface area contributed by atoms with Gasteiger partial charge in [-0.05, 0) is 42.9 Å². The highest BCUT2D eigenvalue weighted by molar-refractivity contribution is 5.76. The molecule has 1 aromatic carbocycles. The third-order valence-electron chi connectivity index (χ3n) is 4.35. The fraction of sp³-hybridized carbons (Fsp3) is 0.588. The van der Waals surface area contributed by atoms with E-state index in [9.17, 15) is 4.79 Å². The molecule has 0 bridgehead atoms. The number of amides is 1.